The number of piperidine rings is 1. The zero-order chi connectivity index (χ0) is 15.6. The van der Waals surface area contributed by atoms with Gasteiger partial charge in [0.05, 0.1) is 0 Å². The number of carboxylic acid groups (broad SMARTS) is 1. The first kappa shape index (κ1) is 15.9. The molecule has 0 bridgehead atoms. The normalized spacial score (nSPS) is 18.0. The average molecular weight is 317 g/mol. The maximum atomic E-state index is 12.5. The van der Waals surface area contributed by atoms with Crippen LogP contribution in [0, 0.1) is 12.8 Å². The van der Waals surface area contributed by atoms with E-state index in [2.05, 4.69) is 10.2 Å². The molecular weight excluding hydrogens is 298 g/mol. The van der Waals surface area contributed by atoms with Gasteiger partial charge in [-0.25, -0.2) is 13.2 Å². The lowest BCUT2D eigenvalue weighted by Crippen LogP contribution is -2.40. The molecule has 1 aliphatic rings. The fraction of sp³-hybridized carbons (Fsp3) is 0.667. The van der Waals surface area contributed by atoms with Crippen LogP contribution in [0.1, 0.15) is 28.9 Å². The van der Waals surface area contributed by atoms with Crippen LogP contribution in [-0.4, -0.2) is 60.8 Å². The third kappa shape index (κ3) is 3.09. The summed E-state index contributed by atoms with van der Waals surface area (Å²) in [5, 5.41) is 14.9. The SMILES string of the molecule is COCC1CCN(S(=O)(=O)c2n[nH]c(C)c2C(=O)O)CC1. The molecule has 1 saturated heterocycles. The first-order valence-electron chi connectivity index (χ1n) is 6.65. The number of H-pyrrole nitrogens is 1. The molecule has 1 fully saturated rings. The predicted molar refractivity (Wildman–Crippen MR) is 73.6 cm³/mol. The van der Waals surface area contributed by atoms with Gasteiger partial charge in [0.2, 0.25) is 5.03 Å². The molecule has 0 aliphatic carbocycles. The number of aromatic carboxylic acids is 1. The summed E-state index contributed by atoms with van der Waals surface area (Å²) in [4.78, 5) is 11.2. The van der Waals surface area contributed by atoms with Gasteiger partial charge in [0.1, 0.15) is 5.56 Å². The number of carboxylic acids is 1. The number of hydrogen-bond donors (Lipinski definition) is 2. The lowest BCUT2D eigenvalue weighted by molar-refractivity contribution is 0.0691. The highest BCUT2D eigenvalue weighted by Crippen LogP contribution is 2.25. The van der Waals surface area contributed by atoms with Crippen molar-refractivity contribution in [3.05, 3.63) is 11.3 Å². The first-order chi connectivity index (χ1) is 9.87. The van der Waals surface area contributed by atoms with Gasteiger partial charge in [0.15, 0.2) is 0 Å². The summed E-state index contributed by atoms with van der Waals surface area (Å²) in [5.74, 6) is -0.963. The number of aromatic nitrogens is 2. The molecule has 0 radical (unpaired) electrons. The molecule has 0 aromatic carbocycles. The molecule has 2 heterocycles. The zero-order valence-electron chi connectivity index (χ0n) is 12.0. The number of carbonyl (C=O) groups is 1. The molecule has 0 amide bonds. The molecule has 118 valence electrons. The van der Waals surface area contributed by atoms with E-state index in [0.717, 1.165) is 0 Å². The molecule has 1 aromatic rings. The molecule has 1 aliphatic heterocycles. The van der Waals surface area contributed by atoms with E-state index in [4.69, 9.17) is 9.84 Å². The van der Waals surface area contributed by atoms with Gasteiger partial charge in [0.25, 0.3) is 10.0 Å². The van der Waals surface area contributed by atoms with E-state index in [-0.39, 0.29) is 11.3 Å². The maximum absolute atomic E-state index is 12.5. The Morgan fingerprint density at radius 1 is 1.48 bits per heavy atom. The van der Waals surface area contributed by atoms with Gasteiger partial charge in [-0.15, -0.1) is 0 Å². The van der Waals surface area contributed by atoms with Gasteiger partial charge in [-0.3, -0.25) is 5.10 Å². The largest absolute Gasteiger partial charge is 0.478 e. The van der Waals surface area contributed by atoms with Gasteiger partial charge < -0.3 is 9.84 Å². The van der Waals surface area contributed by atoms with E-state index >= 15 is 0 Å². The maximum Gasteiger partial charge on any atom is 0.340 e. The second-order valence-electron chi connectivity index (χ2n) is 5.14. The number of methoxy groups -OCH3 is 1. The van der Waals surface area contributed by atoms with Crippen molar-refractivity contribution in [1.82, 2.24) is 14.5 Å². The van der Waals surface area contributed by atoms with E-state index < -0.39 is 21.0 Å². The first-order valence-corrected chi connectivity index (χ1v) is 8.09. The van der Waals surface area contributed by atoms with E-state index in [1.54, 1.807) is 7.11 Å². The molecule has 1 aromatic heterocycles. The summed E-state index contributed by atoms with van der Waals surface area (Å²) in [6, 6.07) is 0. The van der Waals surface area contributed by atoms with Crippen molar-refractivity contribution in [2.45, 2.75) is 24.8 Å². The van der Waals surface area contributed by atoms with Crippen molar-refractivity contribution in [3.8, 4) is 0 Å². The van der Waals surface area contributed by atoms with Crippen LogP contribution in [0.2, 0.25) is 0 Å². The third-order valence-electron chi connectivity index (χ3n) is 3.69. The Morgan fingerprint density at radius 3 is 2.62 bits per heavy atom. The zero-order valence-corrected chi connectivity index (χ0v) is 12.8. The minimum absolute atomic E-state index is 0.232. The van der Waals surface area contributed by atoms with Crippen LogP contribution in [0.3, 0.4) is 0 Å². The summed E-state index contributed by atoms with van der Waals surface area (Å²) in [7, 11) is -2.27. The number of sulfonamides is 1. The minimum atomic E-state index is -3.89. The van der Waals surface area contributed by atoms with Crippen LogP contribution in [-0.2, 0) is 14.8 Å². The third-order valence-corrected chi connectivity index (χ3v) is 5.52. The predicted octanol–water partition coefficient (Wildman–Crippen LogP) is 0.463. The summed E-state index contributed by atoms with van der Waals surface area (Å²) in [6.07, 6.45) is 1.39. The van der Waals surface area contributed by atoms with Crippen LogP contribution in [0.5, 0.6) is 0 Å². The number of nitrogens with zero attached hydrogens (tertiary/aromatic N) is 2. The Bertz CT molecular complexity index is 617. The molecule has 2 rings (SSSR count). The highest BCUT2D eigenvalue weighted by Gasteiger charge is 2.35. The molecule has 0 saturated carbocycles. The van der Waals surface area contributed by atoms with Gasteiger partial charge in [-0.2, -0.15) is 9.40 Å². The van der Waals surface area contributed by atoms with Crippen molar-refractivity contribution in [2.75, 3.05) is 26.8 Å². The van der Waals surface area contributed by atoms with Crippen molar-refractivity contribution < 1.29 is 23.1 Å². The summed E-state index contributed by atoms with van der Waals surface area (Å²) in [6.45, 7) is 2.79. The summed E-state index contributed by atoms with van der Waals surface area (Å²) in [5.41, 5.74) is -0.0515. The van der Waals surface area contributed by atoms with E-state index in [0.29, 0.717) is 38.5 Å². The van der Waals surface area contributed by atoms with Crippen LogP contribution >= 0.6 is 0 Å². The summed E-state index contributed by atoms with van der Waals surface area (Å²) >= 11 is 0. The lowest BCUT2D eigenvalue weighted by atomic mass is 9.99. The smallest absolute Gasteiger partial charge is 0.340 e. The Balaban J connectivity index is 2.22. The standard InChI is InChI=1S/C12H19N3O5S/c1-8-10(12(16)17)11(14-13-8)21(18,19)15-5-3-9(4-6-15)7-20-2/h9H,3-7H2,1-2H3,(H,13,14)(H,16,17). The number of rotatable bonds is 5. The number of ether oxygens (including phenoxy) is 1. The highest BCUT2D eigenvalue weighted by atomic mass is 32.2. The molecule has 0 unspecified atom stereocenters. The molecule has 21 heavy (non-hydrogen) atoms. The van der Waals surface area contributed by atoms with Crippen LogP contribution < -0.4 is 0 Å². The number of nitrogens with one attached hydrogen (secondary N) is 1. The van der Waals surface area contributed by atoms with E-state index in [1.807, 2.05) is 0 Å². The second kappa shape index (κ2) is 6.12. The lowest BCUT2D eigenvalue weighted by Gasteiger charge is -2.30. The van der Waals surface area contributed by atoms with E-state index in [9.17, 15) is 13.2 Å². The molecular formula is C12H19N3O5S. The number of aryl methyl sites for hydroxylation is 1. The van der Waals surface area contributed by atoms with Crippen LogP contribution in [0.4, 0.5) is 0 Å². The second-order valence-corrected chi connectivity index (χ2v) is 6.99. The molecule has 2 N–H and O–H groups in total. The number of aromatic amines is 1. The minimum Gasteiger partial charge on any atom is -0.478 e. The van der Waals surface area contributed by atoms with Gasteiger partial charge in [-0.05, 0) is 25.7 Å². The van der Waals surface area contributed by atoms with Crippen molar-refractivity contribution >= 4 is 16.0 Å². The number of hydrogen-bond acceptors (Lipinski definition) is 5. The Hall–Kier alpha value is -1.45. The Labute approximate surface area is 123 Å². The van der Waals surface area contributed by atoms with Gasteiger partial charge in [-0.1, -0.05) is 0 Å². The van der Waals surface area contributed by atoms with Crippen molar-refractivity contribution in [2.24, 2.45) is 5.92 Å². The fourth-order valence-electron chi connectivity index (χ4n) is 2.52. The van der Waals surface area contributed by atoms with Gasteiger partial charge >= 0.3 is 5.97 Å². The highest BCUT2D eigenvalue weighted by molar-refractivity contribution is 7.89. The molecule has 0 spiro atoms. The van der Waals surface area contributed by atoms with Crippen molar-refractivity contribution in [1.29, 1.82) is 0 Å². The van der Waals surface area contributed by atoms with Crippen LogP contribution in [0.15, 0.2) is 5.03 Å². The van der Waals surface area contributed by atoms with Gasteiger partial charge in [0, 0.05) is 32.5 Å². The van der Waals surface area contributed by atoms with Crippen molar-refractivity contribution in [3.63, 3.8) is 0 Å². The fourth-order valence-corrected chi connectivity index (χ4v) is 4.12. The van der Waals surface area contributed by atoms with Crippen LogP contribution in [0.25, 0.3) is 0 Å². The Morgan fingerprint density at radius 2 is 2.10 bits per heavy atom. The average Bonchev–Trinajstić information content (AvgIpc) is 2.82. The molecule has 0 atom stereocenters. The monoisotopic (exact) mass is 317 g/mol. The summed E-state index contributed by atoms with van der Waals surface area (Å²) < 4.78 is 31.4. The Kier molecular flexibility index (Phi) is 4.64. The van der Waals surface area contributed by atoms with E-state index in [1.165, 1.54) is 11.2 Å². The molecule has 8 nitrogen and oxygen atoms in total. The quantitative estimate of drug-likeness (QED) is 0.816. The molecule has 9 heteroatoms. The topological polar surface area (TPSA) is 113 Å².